The van der Waals surface area contributed by atoms with Crippen LogP contribution >= 0.6 is 0 Å². The second kappa shape index (κ2) is 6.93. The molecule has 1 aliphatic rings. The fourth-order valence-corrected chi connectivity index (χ4v) is 3.77. The summed E-state index contributed by atoms with van der Waals surface area (Å²) in [6.45, 7) is 0.709. The highest BCUT2D eigenvalue weighted by atomic mass is 19.1. The molecule has 2 aromatic heterocycles. The van der Waals surface area contributed by atoms with Crippen molar-refractivity contribution in [2.45, 2.75) is 31.5 Å². The third kappa shape index (κ3) is 3.22. The summed E-state index contributed by atoms with van der Waals surface area (Å²) in [4.78, 5) is 7.89. The van der Waals surface area contributed by atoms with E-state index in [0.717, 1.165) is 12.1 Å². The summed E-state index contributed by atoms with van der Waals surface area (Å²) in [6, 6.07) is 3.61. The lowest BCUT2D eigenvalue weighted by Gasteiger charge is -2.20. The van der Waals surface area contributed by atoms with Gasteiger partial charge < -0.3 is 15.0 Å². The van der Waals surface area contributed by atoms with Crippen molar-refractivity contribution in [2.75, 3.05) is 5.32 Å². The summed E-state index contributed by atoms with van der Waals surface area (Å²) in [6.07, 6.45) is 7.02. The number of rotatable bonds is 4. The summed E-state index contributed by atoms with van der Waals surface area (Å²) >= 11 is 0. The monoisotopic (exact) mass is 369 g/mol. The topological polar surface area (TPSA) is 86.8 Å². The van der Waals surface area contributed by atoms with Gasteiger partial charge in [0.25, 0.3) is 0 Å². The van der Waals surface area contributed by atoms with Gasteiger partial charge in [-0.05, 0) is 30.9 Å². The predicted molar refractivity (Wildman–Crippen MR) is 94.7 cm³/mol. The average molecular weight is 369 g/mol. The Hall–Kier alpha value is -3.05. The number of hydrogen-bond donors (Lipinski definition) is 2. The lowest BCUT2D eigenvalue weighted by molar-refractivity contribution is 0.166. The minimum atomic E-state index is -0.666. The molecule has 3 aromatic rings. The van der Waals surface area contributed by atoms with E-state index < -0.39 is 17.7 Å². The first kappa shape index (κ1) is 17.4. The van der Waals surface area contributed by atoms with Crippen LogP contribution in [0.15, 0.2) is 37.1 Å². The predicted octanol–water partition coefficient (Wildman–Crippen LogP) is 2.83. The van der Waals surface area contributed by atoms with E-state index in [1.807, 2.05) is 16.8 Å². The molecule has 138 valence electrons. The maximum atomic E-state index is 14.4. The molecule has 2 heterocycles. The van der Waals surface area contributed by atoms with Gasteiger partial charge in [-0.15, -0.1) is 0 Å². The van der Waals surface area contributed by atoms with Crippen LogP contribution in [-0.4, -0.2) is 31.8 Å². The third-order valence-electron chi connectivity index (χ3n) is 5.02. The maximum absolute atomic E-state index is 14.4. The van der Waals surface area contributed by atoms with E-state index in [-0.39, 0.29) is 34.1 Å². The van der Waals surface area contributed by atoms with E-state index in [1.165, 1.54) is 6.20 Å². The lowest BCUT2D eigenvalue weighted by atomic mass is 10.1. The van der Waals surface area contributed by atoms with Crippen molar-refractivity contribution in [1.29, 1.82) is 5.26 Å². The van der Waals surface area contributed by atoms with Gasteiger partial charge in [0.1, 0.15) is 23.2 Å². The second-order valence-electron chi connectivity index (χ2n) is 6.83. The number of nitrogens with one attached hydrogen (secondary N) is 1. The lowest BCUT2D eigenvalue weighted by Crippen LogP contribution is -2.28. The van der Waals surface area contributed by atoms with Gasteiger partial charge in [-0.1, -0.05) is 0 Å². The minimum absolute atomic E-state index is 0.0701. The van der Waals surface area contributed by atoms with Crippen LogP contribution in [0, 0.1) is 28.9 Å². The number of halogens is 2. The van der Waals surface area contributed by atoms with Crippen LogP contribution in [0.3, 0.4) is 0 Å². The number of aliphatic hydroxyl groups is 1. The normalized spacial score (nSPS) is 22.1. The number of fused-ring (bicyclic) bond motifs is 1. The number of aliphatic hydroxyl groups excluding tert-OH is 1. The van der Waals surface area contributed by atoms with E-state index >= 15 is 0 Å². The number of benzene rings is 1. The number of pyridine rings is 1. The zero-order valence-electron chi connectivity index (χ0n) is 14.3. The van der Waals surface area contributed by atoms with Gasteiger partial charge >= 0.3 is 0 Å². The Labute approximate surface area is 154 Å². The molecule has 8 heteroatoms. The molecule has 0 aliphatic heterocycles. The van der Waals surface area contributed by atoms with E-state index in [4.69, 9.17) is 0 Å². The molecule has 1 saturated carbocycles. The Balaban J connectivity index is 1.65. The van der Waals surface area contributed by atoms with Crippen LogP contribution in [0.5, 0.6) is 0 Å². The van der Waals surface area contributed by atoms with E-state index in [0.29, 0.717) is 19.4 Å². The first-order valence-electron chi connectivity index (χ1n) is 8.64. The second-order valence-corrected chi connectivity index (χ2v) is 6.83. The molecule has 0 saturated heterocycles. The van der Waals surface area contributed by atoms with Crippen LogP contribution in [0.2, 0.25) is 0 Å². The number of nitrogens with zero attached hydrogens (tertiary/aromatic N) is 4. The molecular weight excluding hydrogens is 352 g/mol. The van der Waals surface area contributed by atoms with Crippen molar-refractivity contribution in [3.63, 3.8) is 0 Å². The Morgan fingerprint density at radius 3 is 2.85 bits per heavy atom. The molecule has 27 heavy (non-hydrogen) atoms. The molecule has 4 rings (SSSR count). The van der Waals surface area contributed by atoms with Crippen LogP contribution in [0.1, 0.15) is 18.4 Å². The molecule has 1 fully saturated rings. The highest BCUT2D eigenvalue weighted by Gasteiger charge is 2.34. The smallest absolute Gasteiger partial charge is 0.149 e. The molecule has 6 nitrogen and oxygen atoms in total. The average Bonchev–Trinajstić information content (AvgIpc) is 3.28. The van der Waals surface area contributed by atoms with E-state index in [1.54, 1.807) is 12.5 Å². The van der Waals surface area contributed by atoms with Crippen molar-refractivity contribution < 1.29 is 13.9 Å². The molecule has 0 radical (unpaired) electrons. The van der Waals surface area contributed by atoms with E-state index in [9.17, 15) is 19.1 Å². The van der Waals surface area contributed by atoms with Gasteiger partial charge in [0.15, 0.2) is 0 Å². The largest absolute Gasteiger partial charge is 0.391 e. The summed E-state index contributed by atoms with van der Waals surface area (Å²) in [5.74, 6) is -1.13. The standard InChI is InChI=1S/C19H17F2N5O/c20-13-1-2-14(21)19-17(13)18(12(7-22)8-24-19)25-15-5-11(6-16(15)27)9-26-4-3-23-10-26/h1-4,8,10-11,15-16,27H,5-6,9H2,(H,24,25)/t11?,15-,16-/m1/s1. The summed E-state index contributed by atoms with van der Waals surface area (Å²) in [5.41, 5.74) is 0.142. The van der Waals surface area contributed by atoms with Gasteiger partial charge in [-0.25, -0.2) is 13.8 Å². The van der Waals surface area contributed by atoms with Crippen molar-refractivity contribution in [3.8, 4) is 6.07 Å². The number of nitriles is 1. The molecule has 0 bridgehead atoms. The number of hydrogen-bond acceptors (Lipinski definition) is 5. The number of imidazole rings is 1. The van der Waals surface area contributed by atoms with Gasteiger partial charge in [0.05, 0.1) is 35.1 Å². The molecule has 2 N–H and O–H groups in total. The quantitative estimate of drug-likeness (QED) is 0.738. The molecular formula is C19H17F2N5O. The first-order valence-corrected chi connectivity index (χ1v) is 8.64. The van der Waals surface area contributed by atoms with Crippen molar-refractivity contribution in [2.24, 2.45) is 5.92 Å². The highest BCUT2D eigenvalue weighted by Crippen LogP contribution is 2.35. The van der Waals surface area contributed by atoms with Crippen molar-refractivity contribution >= 4 is 16.6 Å². The molecule has 0 amide bonds. The Morgan fingerprint density at radius 1 is 1.30 bits per heavy atom. The van der Waals surface area contributed by atoms with Crippen LogP contribution < -0.4 is 5.32 Å². The first-order chi connectivity index (χ1) is 13.1. The number of aromatic nitrogens is 3. The molecule has 1 aromatic carbocycles. The Morgan fingerprint density at radius 2 is 2.11 bits per heavy atom. The summed E-state index contributed by atoms with van der Waals surface area (Å²) in [7, 11) is 0. The van der Waals surface area contributed by atoms with Gasteiger partial charge in [0, 0.05) is 25.1 Å². The molecule has 3 atom stereocenters. The fraction of sp³-hybridized carbons (Fsp3) is 0.316. The minimum Gasteiger partial charge on any atom is -0.391 e. The van der Waals surface area contributed by atoms with Crippen LogP contribution in [0.25, 0.3) is 10.9 Å². The molecule has 0 spiro atoms. The van der Waals surface area contributed by atoms with Gasteiger partial charge in [-0.3, -0.25) is 4.98 Å². The zero-order chi connectivity index (χ0) is 19.0. The van der Waals surface area contributed by atoms with Crippen LogP contribution in [-0.2, 0) is 6.54 Å². The third-order valence-corrected chi connectivity index (χ3v) is 5.02. The maximum Gasteiger partial charge on any atom is 0.149 e. The Bertz CT molecular complexity index is 1020. The van der Waals surface area contributed by atoms with Crippen molar-refractivity contribution in [1.82, 2.24) is 14.5 Å². The SMILES string of the molecule is N#Cc1cnc2c(F)ccc(F)c2c1N[C@@H]1CC(Cn2ccnc2)C[C@H]1O. The van der Waals surface area contributed by atoms with Gasteiger partial charge in [0.2, 0.25) is 0 Å². The number of anilines is 1. The Kier molecular flexibility index (Phi) is 4.46. The van der Waals surface area contributed by atoms with Crippen molar-refractivity contribution in [3.05, 3.63) is 54.2 Å². The van der Waals surface area contributed by atoms with E-state index in [2.05, 4.69) is 15.3 Å². The highest BCUT2D eigenvalue weighted by molar-refractivity contribution is 5.94. The summed E-state index contributed by atoms with van der Waals surface area (Å²) < 4.78 is 30.4. The summed E-state index contributed by atoms with van der Waals surface area (Å²) in [5, 5.41) is 22.9. The molecule has 1 unspecified atom stereocenters. The van der Waals surface area contributed by atoms with Gasteiger partial charge in [-0.2, -0.15) is 5.26 Å². The van der Waals surface area contributed by atoms with Crippen LogP contribution in [0.4, 0.5) is 14.5 Å². The fourth-order valence-electron chi connectivity index (χ4n) is 3.77. The zero-order valence-corrected chi connectivity index (χ0v) is 14.3. The molecule has 1 aliphatic carbocycles.